The predicted molar refractivity (Wildman–Crippen MR) is 265 cm³/mol. The molecular formula is C60H58N2. The maximum atomic E-state index is 2.41. The molecule has 1 aliphatic rings. The summed E-state index contributed by atoms with van der Waals surface area (Å²) in [4.78, 5) is 4.79. The van der Waals surface area contributed by atoms with Crippen LogP contribution in [-0.4, -0.2) is 0 Å². The molecule has 8 aromatic rings. The smallest absolute Gasteiger partial charge is 0.0462 e. The van der Waals surface area contributed by atoms with Crippen molar-refractivity contribution >= 4 is 34.1 Å². The van der Waals surface area contributed by atoms with E-state index in [0.717, 1.165) is 47.0 Å². The maximum Gasteiger partial charge on any atom is 0.0462 e. The van der Waals surface area contributed by atoms with E-state index in [2.05, 4.69) is 233 Å². The summed E-state index contributed by atoms with van der Waals surface area (Å²) in [5.74, 6) is 0. The highest BCUT2D eigenvalue weighted by Crippen LogP contribution is 2.47. The van der Waals surface area contributed by atoms with Crippen molar-refractivity contribution in [1.29, 1.82) is 0 Å². The zero-order valence-corrected chi connectivity index (χ0v) is 37.3. The van der Waals surface area contributed by atoms with Crippen LogP contribution in [0.15, 0.2) is 182 Å². The van der Waals surface area contributed by atoms with Gasteiger partial charge in [-0.15, -0.1) is 0 Å². The summed E-state index contributed by atoms with van der Waals surface area (Å²) >= 11 is 0. The Morgan fingerprint density at radius 3 is 0.919 bits per heavy atom. The molecule has 0 atom stereocenters. The van der Waals surface area contributed by atoms with Gasteiger partial charge in [0.25, 0.3) is 0 Å². The zero-order chi connectivity index (χ0) is 42.8. The van der Waals surface area contributed by atoms with Crippen molar-refractivity contribution in [2.75, 3.05) is 9.80 Å². The summed E-state index contributed by atoms with van der Waals surface area (Å²) in [5, 5.41) is 0. The SMILES string of the molecule is Cc1ccc(N(c2ccc(-c3ccc(C)cc3C)cc2)c2ccc(C3(c4ccc(N(c5ccc(C)cc5)c5ccc(-c6ccc(C)cc6C)cc5)cc4)CCCCC3)cc2)cc1. The van der Waals surface area contributed by atoms with Gasteiger partial charge in [0.2, 0.25) is 0 Å². The molecule has 0 radical (unpaired) electrons. The zero-order valence-electron chi connectivity index (χ0n) is 37.3. The second kappa shape index (κ2) is 17.4. The number of nitrogens with zero attached hydrogens (tertiary/aromatic N) is 2. The molecular weight excluding hydrogens is 749 g/mol. The van der Waals surface area contributed by atoms with Crippen LogP contribution in [-0.2, 0) is 5.41 Å². The number of hydrogen-bond donors (Lipinski definition) is 0. The summed E-state index contributed by atoms with van der Waals surface area (Å²) in [6.45, 7) is 13.0. The lowest BCUT2D eigenvalue weighted by molar-refractivity contribution is 0.346. The highest BCUT2D eigenvalue weighted by Gasteiger charge is 2.36. The summed E-state index contributed by atoms with van der Waals surface area (Å²) in [6, 6.07) is 68.4. The van der Waals surface area contributed by atoms with Crippen molar-refractivity contribution in [1.82, 2.24) is 0 Å². The van der Waals surface area contributed by atoms with E-state index in [1.54, 1.807) is 0 Å². The van der Waals surface area contributed by atoms with Gasteiger partial charge in [0.15, 0.2) is 0 Å². The average molecular weight is 807 g/mol. The van der Waals surface area contributed by atoms with E-state index >= 15 is 0 Å². The summed E-state index contributed by atoms with van der Waals surface area (Å²) < 4.78 is 0. The fourth-order valence-electron chi connectivity index (χ4n) is 9.90. The van der Waals surface area contributed by atoms with Gasteiger partial charge in [-0.05, 0) is 172 Å². The quantitative estimate of drug-likeness (QED) is 0.136. The lowest BCUT2D eigenvalue weighted by Crippen LogP contribution is -2.30. The monoisotopic (exact) mass is 806 g/mol. The van der Waals surface area contributed by atoms with E-state index in [1.807, 2.05) is 0 Å². The molecule has 0 heterocycles. The summed E-state index contributed by atoms with van der Waals surface area (Å²) in [5.41, 5.74) is 22.4. The van der Waals surface area contributed by atoms with Crippen molar-refractivity contribution in [3.05, 3.63) is 226 Å². The molecule has 0 aliphatic heterocycles. The van der Waals surface area contributed by atoms with Crippen LogP contribution in [0, 0.1) is 41.5 Å². The Balaban J connectivity index is 1.05. The Labute approximate surface area is 370 Å². The second-order valence-corrected chi connectivity index (χ2v) is 17.8. The van der Waals surface area contributed by atoms with Gasteiger partial charge in [-0.1, -0.05) is 151 Å². The molecule has 9 rings (SSSR count). The molecule has 2 nitrogen and oxygen atoms in total. The fraction of sp³-hybridized carbons (Fsp3) is 0.200. The topological polar surface area (TPSA) is 6.48 Å². The fourth-order valence-corrected chi connectivity index (χ4v) is 9.90. The Hall–Kier alpha value is -6.64. The molecule has 0 bridgehead atoms. The highest BCUT2D eigenvalue weighted by molar-refractivity contribution is 5.81. The van der Waals surface area contributed by atoms with E-state index in [4.69, 9.17) is 0 Å². The Kier molecular flexibility index (Phi) is 11.4. The van der Waals surface area contributed by atoms with Crippen LogP contribution < -0.4 is 9.80 Å². The minimum Gasteiger partial charge on any atom is -0.311 e. The molecule has 0 unspecified atom stereocenters. The van der Waals surface area contributed by atoms with E-state index in [9.17, 15) is 0 Å². The molecule has 62 heavy (non-hydrogen) atoms. The molecule has 0 spiro atoms. The van der Waals surface area contributed by atoms with Gasteiger partial charge in [0.05, 0.1) is 0 Å². The van der Waals surface area contributed by atoms with Crippen LogP contribution >= 0.6 is 0 Å². The van der Waals surface area contributed by atoms with E-state index in [0.29, 0.717) is 0 Å². The summed E-state index contributed by atoms with van der Waals surface area (Å²) in [7, 11) is 0. The first-order chi connectivity index (χ1) is 30.1. The van der Waals surface area contributed by atoms with Crippen molar-refractivity contribution < 1.29 is 0 Å². The van der Waals surface area contributed by atoms with Crippen molar-refractivity contribution in [2.24, 2.45) is 0 Å². The van der Waals surface area contributed by atoms with Crippen LogP contribution in [0.5, 0.6) is 0 Å². The van der Waals surface area contributed by atoms with Crippen LogP contribution in [0.3, 0.4) is 0 Å². The van der Waals surface area contributed by atoms with Crippen molar-refractivity contribution in [2.45, 2.75) is 79.1 Å². The molecule has 0 amide bonds. The highest BCUT2D eigenvalue weighted by atomic mass is 15.1. The van der Waals surface area contributed by atoms with Crippen LogP contribution in [0.1, 0.15) is 76.6 Å². The second-order valence-electron chi connectivity index (χ2n) is 17.8. The van der Waals surface area contributed by atoms with E-state index in [1.165, 1.54) is 86.0 Å². The average Bonchev–Trinajstić information content (AvgIpc) is 3.29. The van der Waals surface area contributed by atoms with Gasteiger partial charge >= 0.3 is 0 Å². The number of rotatable bonds is 10. The molecule has 2 heteroatoms. The van der Waals surface area contributed by atoms with Gasteiger partial charge in [-0.2, -0.15) is 0 Å². The lowest BCUT2D eigenvalue weighted by atomic mass is 9.65. The van der Waals surface area contributed by atoms with Crippen LogP contribution in [0.25, 0.3) is 22.3 Å². The molecule has 0 saturated heterocycles. The molecule has 0 aromatic heterocycles. The molecule has 308 valence electrons. The van der Waals surface area contributed by atoms with Gasteiger partial charge in [-0.3, -0.25) is 0 Å². The van der Waals surface area contributed by atoms with Gasteiger partial charge in [-0.25, -0.2) is 0 Å². The Morgan fingerprint density at radius 1 is 0.306 bits per heavy atom. The van der Waals surface area contributed by atoms with E-state index in [-0.39, 0.29) is 5.41 Å². The number of anilines is 6. The largest absolute Gasteiger partial charge is 0.311 e. The molecule has 1 aliphatic carbocycles. The normalized spacial score (nSPS) is 13.5. The lowest BCUT2D eigenvalue weighted by Gasteiger charge is -2.39. The third kappa shape index (κ3) is 8.23. The minimum atomic E-state index is -0.0419. The molecule has 0 N–H and O–H groups in total. The Bertz CT molecular complexity index is 2580. The standard InChI is InChI=1S/C60H58N2/c1-42-10-24-52(25-11-42)61(54-28-16-48(17-29-54)58-36-14-44(3)40-46(58)5)56-32-20-50(21-33-56)60(38-8-7-9-39-60)51-22-34-57(35-23-51)62(53-26-12-43(2)13-27-53)55-30-18-49(19-31-55)59-37-15-45(4)41-47(59)6/h10-37,40-41H,7-9,38-39H2,1-6H3. The van der Waals surface area contributed by atoms with Crippen LogP contribution in [0.4, 0.5) is 34.1 Å². The maximum absolute atomic E-state index is 2.41. The summed E-state index contributed by atoms with van der Waals surface area (Å²) in [6.07, 6.45) is 6.04. The minimum absolute atomic E-state index is 0.0419. The molecule has 1 saturated carbocycles. The first-order valence-electron chi connectivity index (χ1n) is 22.5. The molecule has 8 aromatic carbocycles. The predicted octanol–water partition coefficient (Wildman–Crippen LogP) is 17.1. The number of benzene rings is 8. The Morgan fingerprint density at radius 2 is 0.597 bits per heavy atom. The number of aryl methyl sites for hydroxylation is 6. The first-order valence-corrected chi connectivity index (χ1v) is 22.5. The number of hydrogen-bond acceptors (Lipinski definition) is 2. The van der Waals surface area contributed by atoms with Crippen molar-refractivity contribution in [3.63, 3.8) is 0 Å². The van der Waals surface area contributed by atoms with Gasteiger partial charge in [0, 0.05) is 39.5 Å². The van der Waals surface area contributed by atoms with Crippen LogP contribution in [0.2, 0.25) is 0 Å². The third-order valence-electron chi connectivity index (χ3n) is 13.3. The van der Waals surface area contributed by atoms with Crippen molar-refractivity contribution in [3.8, 4) is 22.3 Å². The van der Waals surface area contributed by atoms with E-state index < -0.39 is 0 Å². The first kappa shape index (κ1) is 40.7. The molecule has 1 fully saturated rings. The third-order valence-corrected chi connectivity index (χ3v) is 13.3. The van der Waals surface area contributed by atoms with Gasteiger partial charge < -0.3 is 9.80 Å². The van der Waals surface area contributed by atoms with Gasteiger partial charge in [0.1, 0.15) is 0 Å².